The van der Waals surface area contributed by atoms with Gasteiger partial charge in [-0.05, 0) is 53.5 Å². The van der Waals surface area contributed by atoms with Gasteiger partial charge in [0, 0.05) is 19.6 Å². The van der Waals surface area contributed by atoms with Crippen LogP contribution in [0.2, 0.25) is 0 Å². The van der Waals surface area contributed by atoms with E-state index < -0.39 is 12.1 Å². The number of carbonyl (C=O) groups is 2. The topological polar surface area (TPSA) is 60.9 Å². The second-order valence-corrected chi connectivity index (χ2v) is 8.45. The molecule has 158 valence electrons. The molecular formula is C26H26N2O3. The standard InChI is InChI=1S/C26H26N2O3/c29-25(23-10-5-15-28(23)26(30)31)27-16-13-20(14-17-27)24-21-8-3-1-6-18(21)11-12-19-7-2-4-9-22(19)24/h1-4,6-9,11-12,23H,5,10,13-17H2,(H,30,31)/t23-/m1/s1. The number of amides is 2. The van der Waals surface area contributed by atoms with E-state index in [4.69, 9.17) is 0 Å². The fourth-order valence-corrected chi connectivity index (χ4v) is 5.16. The van der Waals surface area contributed by atoms with Crippen LogP contribution in [-0.4, -0.2) is 52.6 Å². The summed E-state index contributed by atoms with van der Waals surface area (Å²) in [5.74, 6) is -0.0349. The summed E-state index contributed by atoms with van der Waals surface area (Å²) in [7, 11) is 0. The van der Waals surface area contributed by atoms with Gasteiger partial charge in [-0.3, -0.25) is 9.69 Å². The number of hydrogen-bond acceptors (Lipinski definition) is 2. The fraction of sp³-hybridized carbons (Fsp3) is 0.308. The Balaban J connectivity index is 1.45. The van der Waals surface area contributed by atoms with Crippen LogP contribution in [0.15, 0.2) is 54.1 Å². The minimum Gasteiger partial charge on any atom is -0.465 e. The summed E-state index contributed by atoms with van der Waals surface area (Å²) >= 11 is 0. The highest BCUT2D eigenvalue weighted by Crippen LogP contribution is 2.38. The van der Waals surface area contributed by atoms with Crippen molar-refractivity contribution in [3.05, 3.63) is 76.4 Å². The number of carbonyl (C=O) groups excluding carboxylic acids is 1. The molecule has 1 N–H and O–H groups in total. The number of hydrogen-bond donors (Lipinski definition) is 1. The Hall–Kier alpha value is -3.34. The zero-order chi connectivity index (χ0) is 21.4. The van der Waals surface area contributed by atoms with E-state index in [0.717, 1.165) is 19.3 Å². The zero-order valence-corrected chi connectivity index (χ0v) is 17.5. The molecule has 3 aliphatic rings. The molecule has 1 atom stereocenters. The first kappa shape index (κ1) is 19.6. The van der Waals surface area contributed by atoms with Gasteiger partial charge >= 0.3 is 6.09 Å². The molecule has 0 saturated carbocycles. The molecule has 2 aromatic rings. The lowest BCUT2D eigenvalue weighted by molar-refractivity contribution is -0.135. The number of rotatable bonds is 1. The molecule has 2 heterocycles. The van der Waals surface area contributed by atoms with E-state index in [1.807, 2.05) is 4.90 Å². The summed E-state index contributed by atoms with van der Waals surface area (Å²) in [6.45, 7) is 1.73. The van der Waals surface area contributed by atoms with E-state index in [0.29, 0.717) is 26.1 Å². The number of benzene rings is 2. The lowest BCUT2D eigenvalue weighted by atomic mass is 9.86. The lowest BCUT2D eigenvalue weighted by Gasteiger charge is -2.34. The maximum absolute atomic E-state index is 13.0. The third kappa shape index (κ3) is 3.54. The number of likely N-dealkylation sites (tertiary alicyclic amines) is 2. The van der Waals surface area contributed by atoms with Crippen molar-refractivity contribution < 1.29 is 14.7 Å². The van der Waals surface area contributed by atoms with Gasteiger partial charge < -0.3 is 10.0 Å². The van der Waals surface area contributed by atoms with Gasteiger partial charge in [0.2, 0.25) is 5.91 Å². The summed E-state index contributed by atoms with van der Waals surface area (Å²) in [6.07, 6.45) is 6.37. The van der Waals surface area contributed by atoms with E-state index >= 15 is 0 Å². The van der Waals surface area contributed by atoms with Gasteiger partial charge in [-0.2, -0.15) is 0 Å². The van der Waals surface area contributed by atoms with Crippen LogP contribution in [0, 0.1) is 0 Å². The lowest BCUT2D eigenvalue weighted by Crippen LogP contribution is -2.49. The van der Waals surface area contributed by atoms with Crippen molar-refractivity contribution in [2.75, 3.05) is 19.6 Å². The van der Waals surface area contributed by atoms with Gasteiger partial charge in [0.15, 0.2) is 0 Å². The predicted octanol–water partition coefficient (Wildman–Crippen LogP) is 4.74. The van der Waals surface area contributed by atoms with E-state index in [1.165, 1.54) is 38.3 Å². The normalized spacial score (nSPS) is 20.3. The molecule has 5 rings (SSSR count). The molecule has 5 nitrogen and oxygen atoms in total. The molecule has 5 heteroatoms. The molecule has 2 fully saturated rings. The van der Waals surface area contributed by atoms with Crippen molar-refractivity contribution in [1.82, 2.24) is 9.80 Å². The van der Waals surface area contributed by atoms with Crippen LogP contribution >= 0.6 is 0 Å². The largest absolute Gasteiger partial charge is 0.465 e. The van der Waals surface area contributed by atoms with Crippen molar-refractivity contribution in [2.45, 2.75) is 31.7 Å². The fourth-order valence-electron chi connectivity index (χ4n) is 5.16. The van der Waals surface area contributed by atoms with Crippen LogP contribution in [0.1, 0.15) is 47.9 Å². The van der Waals surface area contributed by atoms with E-state index in [9.17, 15) is 14.7 Å². The van der Waals surface area contributed by atoms with Crippen molar-refractivity contribution >= 4 is 29.7 Å². The van der Waals surface area contributed by atoms with E-state index in [-0.39, 0.29) is 5.91 Å². The quantitative estimate of drug-likeness (QED) is 0.626. The first-order valence-corrected chi connectivity index (χ1v) is 11.0. The number of piperidine rings is 1. The molecule has 2 amide bonds. The number of nitrogens with zero attached hydrogens (tertiary/aromatic N) is 2. The van der Waals surface area contributed by atoms with Gasteiger partial charge in [0.1, 0.15) is 6.04 Å². The average molecular weight is 415 g/mol. The van der Waals surface area contributed by atoms with Crippen LogP contribution in [0.3, 0.4) is 0 Å². The molecule has 2 aliphatic heterocycles. The first-order chi connectivity index (χ1) is 15.1. The van der Waals surface area contributed by atoms with E-state index in [1.54, 1.807) is 0 Å². The SMILES string of the molecule is O=C([C@H]1CCCN1C(=O)O)N1CCC(=C2c3ccccc3C=Cc3ccccc32)CC1. The van der Waals surface area contributed by atoms with E-state index in [2.05, 4.69) is 60.7 Å². The third-order valence-corrected chi connectivity index (χ3v) is 6.72. The Labute approximate surface area is 182 Å². The second-order valence-electron chi connectivity index (χ2n) is 8.45. The van der Waals surface area contributed by atoms with Gasteiger partial charge in [-0.1, -0.05) is 66.3 Å². The summed E-state index contributed by atoms with van der Waals surface area (Å²) < 4.78 is 0. The van der Waals surface area contributed by atoms with Crippen LogP contribution in [-0.2, 0) is 4.79 Å². The molecule has 0 aromatic heterocycles. The predicted molar refractivity (Wildman–Crippen MR) is 121 cm³/mol. The Kier molecular flexibility index (Phi) is 5.10. The smallest absolute Gasteiger partial charge is 0.407 e. The molecule has 2 aromatic carbocycles. The average Bonchev–Trinajstić information content (AvgIpc) is 3.23. The highest BCUT2D eigenvalue weighted by atomic mass is 16.4. The molecule has 31 heavy (non-hydrogen) atoms. The Morgan fingerprint density at radius 2 is 1.42 bits per heavy atom. The van der Waals surface area contributed by atoms with Gasteiger partial charge in [0.25, 0.3) is 0 Å². The highest BCUT2D eigenvalue weighted by molar-refractivity contribution is 5.95. The van der Waals surface area contributed by atoms with Crippen molar-refractivity contribution in [1.29, 1.82) is 0 Å². The maximum Gasteiger partial charge on any atom is 0.407 e. The number of carboxylic acid groups (broad SMARTS) is 1. The molecule has 1 aliphatic carbocycles. The van der Waals surface area contributed by atoms with Crippen LogP contribution < -0.4 is 0 Å². The zero-order valence-electron chi connectivity index (χ0n) is 17.5. The highest BCUT2D eigenvalue weighted by Gasteiger charge is 2.37. The van der Waals surface area contributed by atoms with Gasteiger partial charge in [-0.15, -0.1) is 0 Å². The monoisotopic (exact) mass is 414 g/mol. The Morgan fingerprint density at radius 1 is 0.839 bits per heavy atom. The summed E-state index contributed by atoms with van der Waals surface area (Å²) in [5, 5.41) is 9.40. The van der Waals surface area contributed by atoms with Crippen molar-refractivity contribution in [3.8, 4) is 0 Å². The summed E-state index contributed by atoms with van der Waals surface area (Å²) in [5.41, 5.74) is 7.56. The number of fused-ring (bicyclic) bond motifs is 2. The molecule has 0 unspecified atom stereocenters. The Bertz CT molecular complexity index is 1040. The molecule has 2 saturated heterocycles. The first-order valence-electron chi connectivity index (χ1n) is 11.0. The van der Waals surface area contributed by atoms with Gasteiger partial charge in [-0.25, -0.2) is 4.79 Å². The van der Waals surface area contributed by atoms with Crippen LogP contribution in [0.5, 0.6) is 0 Å². The minimum absolute atomic E-state index is 0.0349. The third-order valence-electron chi connectivity index (χ3n) is 6.72. The molecule has 0 radical (unpaired) electrons. The van der Waals surface area contributed by atoms with Crippen molar-refractivity contribution in [2.24, 2.45) is 0 Å². The summed E-state index contributed by atoms with van der Waals surface area (Å²) in [6, 6.07) is 16.5. The second kappa shape index (κ2) is 8.06. The van der Waals surface area contributed by atoms with Crippen molar-refractivity contribution in [3.63, 3.8) is 0 Å². The summed E-state index contributed by atoms with van der Waals surface area (Å²) in [4.78, 5) is 27.7. The van der Waals surface area contributed by atoms with Crippen LogP contribution in [0.4, 0.5) is 4.79 Å². The minimum atomic E-state index is -0.991. The molecular weight excluding hydrogens is 388 g/mol. The molecule has 0 bridgehead atoms. The maximum atomic E-state index is 13.0. The molecule has 0 spiro atoms. The van der Waals surface area contributed by atoms with Gasteiger partial charge in [0.05, 0.1) is 0 Å². The Morgan fingerprint density at radius 3 is 2.00 bits per heavy atom. The van der Waals surface area contributed by atoms with Crippen LogP contribution in [0.25, 0.3) is 17.7 Å².